The second-order valence-corrected chi connectivity index (χ2v) is 6.08. The Bertz CT molecular complexity index is 627. The Hall–Kier alpha value is -1.72. The van der Waals surface area contributed by atoms with Crippen molar-refractivity contribution in [1.29, 1.82) is 0 Å². The van der Waals surface area contributed by atoms with Crippen LogP contribution in [0, 0.1) is 0 Å². The minimum atomic E-state index is 0.405. The normalized spacial score (nSPS) is 10.2. The highest BCUT2D eigenvalue weighted by Crippen LogP contribution is 2.30. The lowest BCUT2D eigenvalue weighted by Crippen LogP contribution is -2.13. The van der Waals surface area contributed by atoms with Crippen molar-refractivity contribution < 1.29 is 4.74 Å². The van der Waals surface area contributed by atoms with Crippen LogP contribution in [0.4, 0.5) is 11.4 Å². The maximum absolute atomic E-state index is 5.90. The second kappa shape index (κ2) is 7.33. The van der Waals surface area contributed by atoms with Crippen LogP contribution in [-0.2, 0) is 0 Å². The fraction of sp³-hybridized carbons (Fsp3) is 0.188. The third kappa shape index (κ3) is 3.89. The molecule has 3 nitrogen and oxygen atoms in total. The van der Waals surface area contributed by atoms with Gasteiger partial charge in [0.2, 0.25) is 0 Å². The molecule has 0 atom stereocenters. The molecule has 0 fully saturated rings. The van der Waals surface area contributed by atoms with Crippen LogP contribution in [0.25, 0.3) is 0 Å². The van der Waals surface area contributed by atoms with E-state index in [2.05, 4.69) is 12.2 Å². The van der Waals surface area contributed by atoms with Crippen LogP contribution in [-0.4, -0.2) is 17.9 Å². The van der Waals surface area contributed by atoms with Crippen molar-refractivity contribution in [2.24, 2.45) is 5.73 Å². The molecule has 0 saturated heterocycles. The number of thioether (sulfide) groups is 1. The van der Waals surface area contributed by atoms with Crippen LogP contribution < -0.4 is 15.8 Å². The highest BCUT2D eigenvalue weighted by Gasteiger charge is 2.11. The summed E-state index contributed by atoms with van der Waals surface area (Å²) in [4.78, 5) is 1.51. The van der Waals surface area contributed by atoms with Crippen LogP contribution in [0.1, 0.15) is 12.5 Å². The molecule has 0 unspecified atom stereocenters. The molecular formula is C16H18N2OS2. The summed E-state index contributed by atoms with van der Waals surface area (Å²) in [5.74, 6) is 1.80. The Morgan fingerprint density at radius 2 is 1.95 bits per heavy atom. The Balaban J connectivity index is 2.33. The molecule has 0 heterocycles. The molecule has 0 amide bonds. The molecule has 3 N–H and O–H groups in total. The third-order valence-electron chi connectivity index (χ3n) is 2.94. The zero-order valence-corrected chi connectivity index (χ0v) is 13.7. The van der Waals surface area contributed by atoms with Gasteiger partial charge in [-0.05, 0) is 42.2 Å². The molecule has 0 bridgehead atoms. The van der Waals surface area contributed by atoms with Crippen LogP contribution in [0.3, 0.4) is 0 Å². The number of hydrogen-bond acceptors (Lipinski definition) is 4. The quantitative estimate of drug-likeness (QED) is 0.618. The van der Waals surface area contributed by atoms with Crippen molar-refractivity contribution in [2.75, 3.05) is 18.2 Å². The monoisotopic (exact) mass is 318 g/mol. The van der Waals surface area contributed by atoms with Gasteiger partial charge in [-0.15, -0.1) is 11.8 Å². The van der Waals surface area contributed by atoms with Crippen molar-refractivity contribution in [3.05, 3.63) is 48.0 Å². The lowest BCUT2D eigenvalue weighted by atomic mass is 10.1. The molecule has 0 aliphatic carbocycles. The van der Waals surface area contributed by atoms with Crippen molar-refractivity contribution in [2.45, 2.75) is 11.8 Å². The number of ether oxygens (including phenoxy) is 1. The van der Waals surface area contributed by atoms with Crippen LogP contribution in [0.2, 0.25) is 0 Å². The van der Waals surface area contributed by atoms with Gasteiger partial charge in [0.05, 0.1) is 7.11 Å². The van der Waals surface area contributed by atoms with E-state index in [0.29, 0.717) is 4.99 Å². The average molecular weight is 318 g/mol. The van der Waals surface area contributed by atoms with Gasteiger partial charge in [0, 0.05) is 21.8 Å². The van der Waals surface area contributed by atoms with E-state index in [1.165, 1.54) is 0 Å². The van der Waals surface area contributed by atoms with Gasteiger partial charge in [-0.25, -0.2) is 0 Å². The Morgan fingerprint density at radius 3 is 2.52 bits per heavy atom. The summed E-state index contributed by atoms with van der Waals surface area (Å²) in [5.41, 5.74) is 8.69. The smallest absolute Gasteiger partial charge is 0.119 e. The predicted octanol–water partition coefficient (Wildman–Crippen LogP) is 4.19. The second-order valence-electron chi connectivity index (χ2n) is 4.33. The Morgan fingerprint density at radius 1 is 1.24 bits per heavy atom. The number of methoxy groups -OCH3 is 1. The Labute approximate surface area is 134 Å². The van der Waals surface area contributed by atoms with Crippen molar-refractivity contribution in [3.63, 3.8) is 0 Å². The molecule has 21 heavy (non-hydrogen) atoms. The topological polar surface area (TPSA) is 47.3 Å². The molecule has 2 aromatic carbocycles. The van der Waals surface area contributed by atoms with E-state index in [1.807, 2.05) is 42.5 Å². The van der Waals surface area contributed by atoms with Gasteiger partial charge in [-0.1, -0.05) is 25.2 Å². The van der Waals surface area contributed by atoms with Crippen LogP contribution in [0.15, 0.2) is 47.4 Å². The van der Waals surface area contributed by atoms with Gasteiger partial charge in [-0.3, -0.25) is 0 Å². The van der Waals surface area contributed by atoms with Gasteiger partial charge in [0.25, 0.3) is 0 Å². The molecular weight excluding hydrogens is 300 g/mol. The number of rotatable bonds is 6. The van der Waals surface area contributed by atoms with Gasteiger partial charge in [0.1, 0.15) is 10.7 Å². The molecule has 110 valence electrons. The lowest BCUT2D eigenvalue weighted by molar-refractivity contribution is 0.415. The number of thiocarbonyl (C=S) groups is 1. The predicted molar refractivity (Wildman–Crippen MR) is 95.0 cm³/mol. The molecule has 2 rings (SSSR count). The standard InChI is InChI=1S/C16H18N2OS2/c1-3-21-14-6-4-5-13(15(14)16(17)20)18-11-7-9-12(19-2)10-8-11/h4-10,18H,3H2,1-2H3,(H2,17,20). The first-order valence-corrected chi connectivity index (χ1v) is 8.01. The number of anilines is 2. The van der Waals surface area contributed by atoms with Crippen LogP contribution in [0.5, 0.6) is 5.75 Å². The summed E-state index contributed by atoms with van der Waals surface area (Å²) >= 11 is 6.95. The van der Waals surface area contributed by atoms with Crippen molar-refractivity contribution >= 4 is 40.3 Å². The minimum Gasteiger partial charge on any atom is -0.497 e. The molecule has 5 heteroatoms. The highest BCUT2D eigenvalue weighted by atomic mass is 32.2. The first-order valence-electron chi connectivity index (χ1n) is 6.62. The van der Waals surface area contributed by atoms with E-state index in [0.717, 1.165) is 33.3 Å². The van der Waals surface area contributed by atoms with Gasteiger partial charge in [-0.2, -0.15) is 0 Å². The van der Waals surface area contributed by atoms with Gasteiger partial charge in [0.15, 0.2) is 0 Å². The van der Waals surface area contributed by atoms with E-state index in [1.54, 1.807) is 18.9 Å². The van der Waals surface area contributed by atoms with E-state index in [4.69, 9.17) is 22.7 Å². The number of nitrogens with two attached hydrogens (primary N) is 1. The highest BCUT2D eigenvalue weighted by molar-refractivity contribution is 7.99. The van der Waals surface area contributed by atoms with E-state index in [-0.39, 0.29) is 0 Å². The average Bonchev–Trinajstić information content (AvgIpc) is 2.48. The zero-order valence-electron chi connectivity index (χ0n) is 12.1. The first-order chi connectivity index (χ1) is 10.2. The summed E-state index contributed by atoms with van der Waals surface area (Å²) in [6.07, 6.45) is 0. The minimum absolute atomic E-state index is 0.405. The SMILES string of the molecule is CCSc1cccc(Nc2ccc(OC)cc2)c1C(N)=S. The van der Waals surface area contributed by atoms with E-state index in [9.17, 15) is 0 Å². The lowest BCUT2D eigenvalue weighted by Gasteiger charge is -2.15. The summed E-state index contributed by atoms with van der Waals surface area (Å²) in [6.45, 7) is 2.11. The van der Waals surface area contributed by atoms with E-state index < -0.39 is 0 Å². The fourth-order valence-electron chi connectivity index (χ4n) is 2.00. The Kier molecular flexibility index (Phi) is 5.47. The third-order valence-corrected chi connectivity index (χ3v) is 4.09. The van der Waals surface area contributed by atoms with Gasteiger partial charge < -0.3 is 15.8 Å². The molecule has 2 aromatic rings. The summed E-state index contributed by atoms with van der Waals surface area (Å²) in [6, 6.07) is 13.8. The molecule has 0 aliphatic heterocycles. The van der Waals surface area contributed by atoms with Crippen LogP contribution >= 0.6 is 24.0 Å². The summed E-state index contributed by atoms with van der Waals surface area (Å²) in [5, 5.41) is 3.37. The number of benzene rings is 2. The van der Waals surface area contributed by atoms with Gasteiger partial charge >= 0.3 is 0 Å². The zero-order chi connectivity index (χ0) is 15.2. The van der Waals surface area contributed by atoms with Crippen molar-refractivity contribution in [3.8, 4) is 5.75 Å². The molecule has 0 aromatic heterocycles. The largest absolute Gasteiger partial charge is 0.497 e. The summed E-state index contributed by atoms with van der Waals surface area (Å²) in [7, 11) is 1.65. The number of nitrogens with one attached hydrogen (secondary N) is 1. The maximum Gasteiger partial charge on any atom is 0.119 e. The molecule has 0 aliphatic rings. The molecule has 0 radical (unpaired) electrons. The summed E-state index contributed by atoms with van der Waals surface area (Å²) < 4.78 is 5.16. The van der Waals surface area contributed by atoms with E-state index >= 15 is 0 Å². The molecule has 0 saturated carbocycles. The number of hydrogen-bond donors (Lipinski definition) is 2. The maximum atomic E-state index is 5.90. The first kappa shape index (κ1) is 15.7. The van der Waals surface area contributed by atoms with Crippen molar-refractivity contribution in [1.82, 2.24) is 0 Å². The molecule has 0 spiro atoms. The fourth-order valence-corrected chi connectivity index (χ4v) is 3.13.